The van der Waals surface area contributed by atoms with E-state index in [1.807, 2.05) is 7.05 Å². The smallest absolute Gasteiger partial charge is 0.126 e. The summed E-state index contributed by atoms with van der Waals surface area (Å²) in [6.07, 6.45) is 2.11. The number of nitrogens with two attached hydrogens (primary N) is 1. The Morgan fingerprint density at radius 3 is 2.35 bits per heavy atom. The topological polar surface area (TPSA) is 29.3 Å². The van der Waals surface area contributed by atoms with Gasteiger partial charge in [-0.05, 0) is 43.5 Å². The van der Waals surface area contributed by atoms with E-state index in [0.717, 1.165) is 25.5 Å². The Kier molecular flexibility index (Phi) is 3.74. The van der Waals surface area contributed by atoms with E-state index >= 15 is 0 Å². The third-order valence-corrected chi connectivity index (χ3v) is 3.22. The van der Waals surface area contributed by atoms with Crippen LogP contribution >= 0.6 is 0 Å². The molecule has 0 aliphatic heterocycles. The summed E-state index contributed by atoms with van der Waals surface area (Å²) >= 11 is 0. The van der Waals surface area contributed by atoms with Crippen molar-refractivity contribution < 1.29 is 8.78 Å². The summed E-state index contributed by atoms with van der Waals surface area (Å²) in [5, 5.41) is 0. The Bertz CT molecular complexity index is 369. The number of nitrogens with zero attached hydrogens (tertiary/aromatic N) is 1. The third-order valence-electron chi connectivity index (χ3n) is 3.22. The Hall–Kier alpha value is -1.00. The monoisotopic (exact) mass is 240 g/mol. The summed E-state index contributed by atoms with van der Waals surface area (Å²) < 4.78 is 26.0. The van der Waals surface area contributed by atoms with Crippen LogP contribution in [0.15, 0.2) is 18.2 Å². The van der Waals surface area contributed by atoms with E-state index in [0.29, 0.717) is 24.1 Å². The van der Waals surface area contributed by atoms with Crippen molar-refractivity contribution in [3.8, 4) is 0 Å². The van der Waals surface area contributed by atoms with E-state index in [9.17, 15) is 8.78 Å². The zero-order valence-corrected chi connectivity index (χ0v) is 10.00. The first-order valence-corrected chi connectivity index (χ1v) is 5.92. The van der Waals surface area contributed by atoms with E-state index in [2.05, 4.69) is 4.90 Å². The van der Waals surface area contributed by atoms with Crippen LogP contribution in [0.25, 0.3) is 0 Å². The lowest BCUT2D eigenvalue weighted by Crippen LogP contribution is -2.41. The van der Waals surface area contributed by atoms with Crippen LogP contribution in [0.4, 0.5) is 8.78 Å². The second-order valence-electron chi connectivity index (χ2n) is 5.07. The lowest BCUT2D eigenvalue weighted by atomic mass is 9.80. The van der Waals surface area contributed by atoms with Gasteiger partial charge in [0.05, 0.1) is 0 Å². The normalized spacial score (nSPS) is 23.8. The largest absolute Gasteiger partial charge is 0.328 e. The maximum Gasteiger partial charge on any atom is 0.126 e. The van der Waals surface area contributed by atoms with Gasteiger partial charge < -0.3 is 10.6 Å². The Labute approximate surface area is 100 Å². The van der Waals surface area contributed by atoms with E-state index in [-0.39, 0.29) is 0 Å². The first-order valence-electron chi connectivity index (χ1n) is 5.92. The van der Waals surface area contributed by atoms with Crippen LogP contribution in [0.5, 0.6) is 0 Å². The minimum atomic E-state index is -0.515. The molecule has 2 rings (SSSR count). The highest BCUT2D eigenvalue weighted by molar-refractivity contribution is 5.17. The van der Waals surface area contributed by atoms with Crippen molar-refractivity contribution in [2.45, 2.75) is 25.4 Å². The van der Waals surface area contributed by atoms with Gasteiger partial charge in [0.2, 0.25) is 0 Å². The van der Waals surface area contributed by atoms with E-state index in [1.54, 1.807) is 0 Å². The summed E-state index contributed by atoms with van der Waals surface area (Å²) in [6, 6.07) is 4.01. The molecule has 0 radical (unpaired) electrons. The number of halogens is 2. The molecule has 0 heterocycles. The Morgan fingerprint density at radius 1 is 1.24 bits per heavy atom. The molecule has 0 bridgehead atoms. The first-order chi connectivity index (χ1) is 8.02. The molecule has 1 fully saturated rings. The molecule has 0 saturated heterocycles. The second-order valence-corrected chi connectivity index (χ2v) is 5.07. The van der Waals surface area contributed by atoms with Crippen molar-refractivity contribution in [3.63, 3.8) is 0 Å². The molecule has 0 spiro atoms. The van der Waals surface area contributed by atoms with Gasteiger partial charge in [-0.1, -0.05) is 0 Å². The van der Waals surface area contributed by atoms with Crippen LogP contribution in [0, 0.1) is 17.6 Å². The molecule has 2 N–H and O–H groups in total. The minimum absolute atomic E-state index is 0.347. The van der Waals surface area contributed by atoms with Crippen molar-refractivity contribution in [1.29, 1.82) is 0 Å². The molecule has 2 nitrogen and oxygen atoms in total. The molecule has 1 aliphatic carbocycles. The fourth-order valence-corrected chi connectivity index (χ4v) is 2.46. The number of hydrogen-bond donors (Lipinski definition) is 1. The molecule has 0 atom stereocenters. The predicted octanol–water partition coefficient (Wildman–Crippen LogP) is 2.13. The van der Waals surface area contributed by atoms with Crippen molar-refractivity contribution >= 4 is 0 Å². The standard InChI is InChI=1S/C13H18F2N2/c1-17(8-10-4-13(16)5-10)7-9-2-11(14)6-12(15)3-9/h2-3,6,10,13H,4-5,7-8,16H2,1H3. The Morgan fingerprint density at radius 2 is 1.82 bits per heavy atom. The van der Waals surface area contributed by atoms with E-state index in [1.165, 1.54) is 12.1 Å². The van der Waals surface area contributed by atoms with E-state index in [4.69, 9.17) is 5.73 Å². The summed E-state index contributed by atoms with van der Waals surface area (Å²) in [7, 11) is 1.96. The van der Waals surface area contributed by atoms with Gasteiger partial charge in [-0.3, -0.25) is 0 Å². The summed E-state index contributed by atoms with van der Waals surface area (Å²) in [6.45, 7) is 1.51. The Balaban J connectivity index is 1.86. The molecule has 1 aromatic carbocycles. The van der Waals surface area contributed by atoms with Crippen molar-refractivity contribution in [2.24, 2.45) is 11.7 Å². The SMILES string of the molecule is CN(Cc1cc(F)cc(F)c1)CC1CC(N)C1. The molecule has 17 heavy (non-hydrogen) atoms. The predicted molar refractivity (Wildman–Crippen MR) is 63.4 cm³/mol. The zero-order valence-electron chi connectivity index (χ0n) is 10.00. The van der Waals surface area contributed by atoms with Gasteiger partial charge in [-0.25, -0.2) is 8.78 Å². The average molecular weight is 240 g/mol. The highest BCUT2D eigenvalue weighted by Gasteiger charge is 2.26. The number of hydrogen-bond acceptors (Lipinski definition) is 2. The fourth-order valence-electron chi connectivity index (χ4n) is 2.46. The summed E-state index contributed by atoms with van der Waals surface area (Å²) in [5.74, 6) is -0.397. The number of benzene rings is 1. The molecule has 0 aromatic heterocycles. The highest BCUT2D eigenvalue weighted by atomic mass is 19.1. The molecule has 1 aromatic rings. The first kappa shape index (κ1) is 12.5. The van der Waals surface area contributed by atoms with Gasteiger partial charge in [-0.2, -0.15) is 0 Å². The van der Waals surface area contributed by atoms with Gasteiger partial charge >= 0.3 is 0 Å². The third kappa shape index (κ3) is 3.48. The van der Waals surface area contributed by atoms with Crippen molar-refractivity contribution in [3.05, 3.63) is 35.4 Å². The van der Waals surface area contributed by atoms with Crippen molar-refractivity contribution in [2.75, 3.05) is 13.6 Å². The van der Waals surface area contributed by atoms with Crippen LogP contribution in [0.1, 0.15) is 18.4 Å². The molecular weight excluding hydrogens is 222 g/mol. The zero-order chi connectivity index (χ0) is 12.4. The molecular formula is C13H18F2N2. The van der Waals surface area contributed by atoms with Crippen LogP contribution < -0.4 is 5.73 Å². The van der Waals surface area contributed by atoms with Crippen LogP contribution in [0.2, 0.25) is 0 Å². The van der Waals surface area contributed by atoms with Gasteiger partial charge in [0.15, 0.2) is 0 Å². The van der Waals surface area contributed by atoms with Crippen LogP contribution in [-0.2, 0) is 6.54 Å². The lowest BCUT2D eigenvalue weighted by Gasteiger charge is -2.35. The molecule has 1 saturated carbocycles. The average Bonchev–Trinajstić information content (AvgIpc) is 2.13. The number of rotatable bonds is 4. The maximum atomic E-state index is 13.0. The van der Waals surface area contributed by atoms with E-state index < -0.39 is 11.6 Å². The molecule has 0 unspecified atom stereocenters. The molecule has 94 valence electrons. The molecule has 0 amide bonds. The van der Waals surface area contributed by atoms with Crippen LogP contribution in [-0.4, -0.2) is 24.5 Å². The minimum Gasteiger partial charge on any atom is -0.328 e. The van der Waals surface area contributed by atoms with Crippen LogP contribution in [0.3, 0.4) is 0 Å². The fraction of sp³-hybridized carbons (Fsp3) is 0.538. The molecule has 1 aliphatic rings. The van der Waals surface area contributed by atoms with Gasteiger partial charge in [-0.15, -0.1) is 0 Å². The van der Waals surface area contributed by atoms with Gasteiger partial charge in [0.1, 0.15) is 11.6 Å². The summed E-state index contributed by atoms with van der Waals surface area (Å²) in [5.41, 5.74) is 6.39. The lowest BCUT2D eigenvalue weighted by molar-refractivity contribution is 0.178. The quantitative estimate of drug-likeness (QED) is 0.873. The van der Waals surface area contributed by atoms with Gasteiger partial charge in [0.25, 0.3) is 0 Å². The maximum absolute atomic E-state index is 13.0. The van der Waals surface area contributed by atoms with Gasteiger partial charge in [0, 0.05) is 25.2 Å². The van der Waals surface area contributed by atoms with Crippen molar-refractivity contribution in [1.82, 2.24) is 4.90 Å². The second kappa shape index (κ2) is 5.10. The highest BCUT2D eigenvalue weighted by Crippen LogP contribution is 2.26. The summed E-state index contributed by atoms with van der Waals surface area (Å²) in [4.78, 5) is 2.09. The molecule has 4 heteroatoms.